The van der Waals surface area contributed by atoms with E-state index < -0.39 is 17.7 Å². The maximum atomic E-state index is 13.3. The van der Waals surface area contributed by atoms with Gasteiger partial charge in [-0.2, -0.15) is 0 Å². The number of aliphatic hydroxyl groups is 1. The minimum Gasteiger partial charge on any atom is -0.507 e. The van der Waals surface area contributed by atoms with E-state index in [-0.39, 0.29) is 22.9 Å². The molecular weight excluding hydrogens is 442 g/mol. The number of nitrogens with zero attached hydrogens (tertiary/aromatic N) is 1. The standard InChI is InChI=1S/C29H37NO5/c1-18(2)35-16-8-15-30-25(20-10-13-22(34-7)14-11-20)24(27(32)28(30)33)26(31)23-17-21(29(4,5)6)12-9-19(23)3/h9-14,17-18,25,31H,8,15-16H2,1-7H3/b26-24+. The largest absolute Gasteiger partial charge is 0.507 e. The molecule has 6 nitrogen and oxygen atoms in total. The van der Waals surface area contributed by atoms with Crippen molar-refractivity contribution in [3.8, 4) is 5.75 Å². The lowest BCUT2D eigenvalue weighted by Crippen LogP contribution is -2.31. The molecule has 0 bridgehead atoms. The van der Waals surface area contributed by atoms with Gasteiger partial charge in [0.25, 0.3) is 11.7 Å². The van der Waals surface area contributed by atoms with Crippen LogP contribution in [0.3, 0.4) is 0 Å². The van der Waals surface area contributed by atoms with Gasteiger partial charge in [0.1, 0.15) is 11.5 Å². The first kappa shape index (κ1) is 26.5. The van der Waals surface area contributed by atoms with E-state index in [1.807, 2.05) is 51.1 Å². The summed E-state index contributed by atoms with van der Waals surface area (Å²) < 4.78 is 10.9. The summed E-state index contributed by atoms with van der Waals surface area (Å²) in [6.45, 7) is 12.9. The minimum absolute atomic E-state index is 0.0841. The SMILES string of the molecule is COc1ccc(C2/C(=C(\O)c3cc(C(C)(C)C)ccc3C)C(=O)C(=O)N2CCCOC(C)C)cc1. The van der Waals surface area contributed by atoms with Crippen molar-refractivity contribution in [3.63, 3.8) is 0 Å². The highest BCUT2D eigenvalue weighted by Gasteiger charge is 2.46. The number of carbonyl (C=O) groups excluding carboxylic acids is 2. The minimum atomic E-state index is -0.697. The number of hydrogen-bond donors (Lipinski definition) is 1. The molecule has 1 fully saturated rings. The quantitative estimate of drug-likeness (QED) is 0.233. The number of carbonyl (C=O) groups is 2. The Morgan fingerprint density at radius 3 is 2.31 bits per heavy atom. The third-order valence-electron chi connectivity index (χ3n) is 6.32. The van der Waals surface area contributed by atoms with Gasteiger partial charge in [0.15, 0.2) is 0 Å². The van der Waals surface area contributed by atoms with Crippen molar-refractivity contribution in [2.24, 2.45) is 0 Å². The average molecular weight is 480 g/mol. The fourth-order valence-electron chi connectivity index (χ4n) is 4.29. The summed E-state index contributed by atoms with van der Waals surface area (Å²) in [6.07, 6.45) is 0.664. The van der Waals surface area contributed by atoms with E-state index in [0.29, 0.717) is 30.9 Å². The number of ether oxygens (including phenoxy) is 2. The molecule has 0 aromatic heterocycles. The topological polar surface area (TPSA) is 76.1 Å². The molecule has 2 aromatic rings. The van der Waals surface area contributed by atoms with Crippen LogP contribution in [0.4, 0.5) is 0 Å². The number of hydrogen-bond acceptors (Lipinski definition) is 5. The maximum Gasteiger partial charge on any atom is 0.295 e. The third kappa shape index (κ3) is 5.76. The van der Waals surface area contributed by atoms with E-state index in [0.717, 1.165) is 16.7 Å². The lowest BCUT2D eigenvalue weighted by atomic mass is 9.84. The van der Waals surface area contributed by atoms with Crippen LogP contribution in [0, 0.1) is 6.92 Å². The van der Waals surface area contributed by atoms with Gasteiger partial charge in [-0.1, -0.05) is 45.0 Å². The summed E-state index contributed by atoms with van der Waals surface area (Å²) in [5, 5.41) is 11.5. The molecular formula is C29H37NO5. The highest BCUT2D eigenvalue weighted by atomic mass is 16.5. The van der Waals surface area contributed by atoms with Crippen LogP contribution in [0.15, 0.2) is 48.0 Å². The van der Waals surface area contributed by atoms with E-state index in [1.165, 1.54) is 0 Å². The van der Waals surface area contributed by atoms with Gasteiger partial charge in [0, 0.05) is 18.7 Å². The van der Waals surface area contributed by atoms with Crippen molar-refractivity contribution in [1.29, 1.82) is 0 Å². The van der Waals surface area contributed by atoms with Crippen molar-refractivity contribution in [3.05, 3.63) is 70.3 Å². The fraction of sp³-hybridized carbons (Fsp3) is 0.448. The number of Topliss-reactive ketones (excluding diaryl/α,β-unsaturated/α-hetero) is 1. The van der Waals surface area contributed by atoms with Crippen molar-refractivity contribution in [1.82, 2.24) is 4.90 Å². The second-order valence-corrected chi connectivity index (χ2v) is 10.3. The molecule has 2 aromatic carbocycles. The molecule has 1 atom stereocenters. The fourth-order valence-corrected chi connectivity index (χ4v) is 4.29. The van der Waals surface area contributed by atoms with Gasteiger partial charge in [0.05, 0.1) is 24.8 Å². The van der Waals surface area contributed by atoms with Gasteiger partial charge in [-0.05, 0) is 67.5 Å². The lowest BCUT2D eigenvalue weighted by molar-refractivity contribution is -0.140. The van der Waals surface area contributed by atoms with Crippen LogP contribution in [-0.2, 0) is 19.7 Å². The zero-order chi connectivity index (χ0) is 25.9. The predicted octanol–water partition coefficient (Wildman–Crippen LogP) is 5.54. The molecule has 188 valence electrons. The molecule has 1 aliphatic heterocycles. The van der Waals surface area contributed by atoms with Crippen LogP contribution in [-0.4, -0.2) is 48.1 Å². The van der Waals surface area contributed by atoms with Crippen molar-refractivity contribution >= 4 is 17.4 Å². The number of benzene rings is 2. The van der Waals surface area contributed by atoms with Gasteiger partial charge in [-0.15, -0.1) is 0 Å². The van der Waals surface area contributed by atoms with Gasteiger partial charge in [-0.3, -0.25) is 9.59 Å². The smallest absolute Gasteiger partial charge is 0.295 e. The Morgan fingerprint density at radius 1 is 1.09 bits per heavy atom. The van der Waals surface area contributed by atoms with E-state index in [9.17, 15) is 14.7 Å². The first-order valence-electron chi connectivity index (χ1n) is 12.1. The number of aliphatic hydroxyl groups excluding tert-OH is 1. The maximum absolute atomic E-state index is 13.3. The number of aryl methyl sites for hydroxylation is 1. The third-order valence-corrected chi connectivity index (χ3v) is 6.32. The Balaban J connectivity index is 2.12. The normalized spacial score (nSPS) is 17.9. The number of methoxy groups -OCH3 is 1. The van der Waals surface area contributed by atoms with Crippen molar-refractivity contribution in [2.75, 3.05) is 20.3 Å². The van der Waals surface area contributed by atoms with E-state index in [4.69, 9.17) is 9.47 Å². The first-order valence-corrected chi connectivity index (χ1v) is 12.1. The van der Waals surface area contributed by atoms with Gasteiger partial charge in [0.2, 0.25) is 0 Å². The Kier molecular flexibility index (Phi) is 8.06. The van der Waals surface area contributed by atoms with Gasteiger partial charge in [-0.25, -0.2) is 0 Å². The summed E-state index contributed by atoms with van der Waals surface area (Å²) in [7, 11) is 1.58. The van der Waals surface area contributed by atoms with Crippen LogP contribution < -0.4 is 4.74 Å². The molecule has 1 saturated heterocycles. The molecule has 0 spiro atoms. The van der Waals surface area contributed by atoms with Gasteiger partial charge >= 0.3 is 0 Å². The molecule has 1 unspecified atom stereocenters. The molecule has 1 N–H and O–H groups in total. The molecule has 0 aliphatic carbocycles. The summed E-state index contributed by atoms with van der Waals surface area (Å²) in [4.78, 5) is 28.0. The Hall–Kier alpha value is -3.12. The molecule has 0 saturated carbocycles. The monoisotopic (exact) mass is 479 g/mol. The molecule has 1 heterocycles. The van der Waals surface area contributed by atoms with Crippen LogP contribution in [0.2, 0.25) is 0 Å². The molecule has 6 heteroatoms. The molecule has 1 amide bonds. The van der Waals surface area contributed by atoms with Crippen LogP contribution in [0.25, 0.3) is 5.76 Å². The Morgan fingerprint density at radius 2 is 1.74 bits per heavy atom. The van der Waals surface area contributed by atoms with Crippen molar-refractivity contribution < 1.29 is 24.2 Å². The number of amides is 1. The zero-order valence-corrected chi connectivity index (χ0v) is 21.8. The van der Waals surface area contributed by atoms with Crippen LogP contribution in [0.1, 0.15) is 69.3 Å². The molecule has 1 aliphatic rings. The second-order valence-electron chi connectivity index (χ2n) is 10.3. The number of ketones is 1. The molecule has 3 rings (SSSR count). The van der Waals surface area contributed by atoms with E-state index >= 15 is 0 Å². The van der Waals surface area contributed by atoms with Crippen LogP contribution in [0.5, 0.6) is 5.75 Å². The predicted molar refractivity (Wildman–Crippen MR) is 138 cm³/mol. The summed E-state index contributed by atoms with van der Waals surface area (Å²) in [5.74, 6) is -0.756. The van der Waals surface area contributed by atoms with E-state index in [2.05, 4.69) is 20.8 Å². The highest BCUT2D eigenvalue weighted by molar-refractivity contribution is 6.46. The summed E-state index contributed by atoms with van der Waals surface area (Å²) in [5.41, 5.74) is 3.14. The Labute approximate surface area is 208 Å². The van der Waals surface area contributed by atoms with Gasteiger partial charge < -0.3 is 19.5 Å². The number of rotatable bonds is 8. The van der Waals surface area contributed by atoms with Crippen molar-refractivity contribution in [2.45, 2.75) is 65.5 Å². The first-order chi connectivity index (χ1) is 16.5. The van der Waals surface area contributed by atoms with E-state index in [1.54, 1.807) is 24.1 Å². The molecule has 35 heavy (non-hydrogen) atoms. The Bertz CT molecular complexity index is 1110. The summed E-state index contributed by atoms with van der Waals surface area (Å²) >= 11 is 0. The second kappa shape index (κ2) is 10.6. The van der Waals surface area contributed by atoms with Crippen LogP contribution >= 0.6 is 0 Å². The lowest BCUT2D eigenvalue weighted by Gasteiger charge is -2.26. The zero-order valence-electron chi connectivity index (χ0n) is 21.8. The molecule has 0 radical (unpaired) electrons. The number of likely N-dealkylation sites (tertiary alicyclic amines) is 1. The highest BCUT2D eigenvalue weighted by Crippen LogP contribution is 2.41. The average Bonchev–Trinajstić information content (AvgIpc) is 3.05. The summed E-state index contributed by atoms with van der Waals surface area (Å²) in [6, 6.07) is 12.4.